The van der Waals surface area contributed by atoms with Crippen LogP contribution >= 0.6 is 0 Å². The molecule has 0 aliphatic heterocycles. The summed E-state index contributed by atoms with van der Waals surface area (Å²) in [6.45, 7) is -1.40. The van der Waals surface area contributed by atoms with Crippen LogP contribution in [0, 0.1) is 5.82 Å². The number of sulfonamides is 1. The second-order valence-corrected chi connectivity index (χ2v) is 11.7. The molecule has 230 valence electrons. The van der Waals surface area contributed by atoms with Gasteiger partial charge in [-0.3, -0.25) is 13.9 Å². The number of nitrogens with one attached hydrogen (secondary N) is 1. The van der Waals surface area contributed by atoms with Crippen LogP contribution in [0.15, 0.2) is 114 Å². The van der Waals surface area contributed by atoms with Crippen LogP contribution in [0.3, 0.4) is 0 Å². The van der Waals surface area contributed by atoms with Crippen LogP contribution in [0.1, 0.15) is 16.7 Å². The van der Waals surface area contributed by atoms with Crippen LogP contribution in [0.4, 0.5) is 23.2 Å². The van der Waals surface area contributed by atoms with E-state index in [1.807, 2.05) is 0 Å². The highest BCUT2D eigenvalue weighted by Crippen LogP contribution is 2.33. The fraction of sp³-hybridized carbons (Fsp3) is 0.188. The number of benzene rings is 4. The first kappa shape index (κ1) is 32.2. The van der Waals surface area contributed by atoms with Gasteiger partial charge in [0.1, 0.15) is 18.4 Å². The average molecular weight is 628 g/mol. The molecule has 0 unspecified atom stereocenters. The van der Waals surface area contributed by atoms with E-state index in [0.717, 1.165) is 23.1 Å². The van der Waals surface area contributed by atoms with Crippen molar-refractivity contribution in [2.24, 2.45) is 0 Å². The van der Waals surface area contributed by atoms with E-state index in [-0.39, 0.29) is 16.9 Å². The number of carbonyl (C=O) groups excluding carboxylic acids is 2. The molecule has 7 nitrogen and oxygen atoms in total. The molecule has 0 fully saturated rings. The Kier molecular flexibility index (Phi) is 10.0. The van der Waals surface area contributed by atoms with E-state index in [9.17, 15) is 35.6 Å². The molecule has 0 radical (unpaired) electrons. The van der Waals surface area contributed by atoms with Crippen LogP contribution in [0.2, 0.25) is 0 Å². The largest absolute Gasteiger partial charge is 0.416 e. The first-order valence-electron chi connectivity index (χ1n) is 13.4. The monoisotopic (exact) mass is 627 g/mol. The van der Waals surface area contributed by atoms with Crippen LogP contribution in [-0.4, -0.2) is 44.8 Å². The van der Waals surface area contributed by atoms with Crippen molar-refractivity contribution < 1.29 is 35.6 Å². The highest BCUT2D eigenvalue weighted by molar-refractivity contribution is 7.92. The van der Waals surface area contributed by atoms with E-state index in [0.29, 0.717) is 15.9 Å². The second kappa shape index (κ2) is 13.7. The number of amides is 2. The molecule has 4 aromatic carbocycles. The number of hydrogen-bond acceptors (Lipinski definition) is 4. The van der Waals surface area contributed by atoms with Crippen molar-refractivity contribution in [3.63, 3.8) is 0 Å². The van der Waals surface area contributed by atoms with Crippen molar-refractivity contribution in [2.45, 2.75) is 30.1 Å². The molecule has 1 atom stereocenters. The van der Waals surface area contributed by atoms with Gasteiger partial charge in [-0.15, -0.1) is 0 Å². The fourth-order valence-corrected chi connectivity index (χ4v) is 6.04. The predicted octanol–water partition coefficient (Wildman–Crippen LogP) is 5.43. The zero-order valence-corrected chi connectivity index (χ0v) is 24.4. The topological polar surface area (TPSA) is 86.8 Å². The molecule has 0 saturated heterocycles. The Morgan fingerprint density at radius 2 is 1.45 bits per heavy atom. The molecule has 0 spiro atoms. The molecule has 0 heterocycles. The Bertz CT molecular complexity index is 1700. The normalized spacial score (nSPS) is 12.3. The van der Waals surface area contributed by atoms with Crippen molar-refractivity contribution in [3.05, 3.63) is 132 Å². The summed E-state index contributed by atoms with van der Waals surface area (Å²) in [4.78, 5) is 28.1. The lowest BCUT2D eigenvalue weighted by atomic mass is 10.0. The average Bonchev–Trinajstić information content (AvgIpc) is 3.02. The number of carbonyl (C=O) groups is 2. The van der Waals surface area contributed by atoms with E-state index in [1.165, 1.54) is 49.5 Å². The Morgan fingerprint density at radius 3 is 2.07 bits per heavy atom. The summed E-state index contributed by atoms with van der Waals surface area (Å²) in [5.74, 6) is -2.20. The van der Waals surface area contributed by atoms with Gasteiger partial charge in [-0.1, -0.05) is 72.8 Å². The summed E-state index contributed by atoms with van der Waals surface area (Å²) >= 11 is 0. The summed E-state index contributed by atoms with van der Waals surface area (Å²) in [5.41, 5.74) is -0.813. The molecule has 44 heavy (non-hydrogen) atoms. The van der Waals surface area contributed by atoms with E-state index < -0.39 is 64.2 Å². The summed E-state index contributed by atoms with van der Waals surface area (Å²) in [7, 11) is -3.23. The Hall–Kier alpha value is -4.71. The number of rotatable bonds is 11. The van der Waals surface area contributed by atoms with Gasteiger partial charge in [-0.2, -0.15) is 13.2 Å². The van der Waals surface area contributed by atoms with Crippen LogP contribution in [0.5, 0.6) is 0 Å². The molecule has 0 aliphatic rings. The third kappa shape index (κ3) is 7.62. The lowest BCUT2D eigenvalue weighted by Crippen LogP contribution is -2.53. The number of nitrogens with zero attached hydrogens (tertiary/aromatic N) is 2. The van der Waals surface area contributed by atoms with Crippen LogP contribution < -0.4 is 9.62 Å². The van der Waals surface area contributed by atoms with Gasteiger partial charge in [0.15, 0.2) is 0 Å². The number of halogens is 4. The fourth-order valence-electron chi connectivity index (χ4n) is 4.62. The zero-order chi connectivity index (χ0) is 31.9. The lowest BCUT2D eigenvalue weighted by Gasteiger charge is -2.33. The first-order valence-corrected chi connectivity index (χ1v) is 14.9. The molecule has 0 saturated carbocycles. The van der Waals surface area contributed by atoms with Crippen molar-refractivity contribution in [1.82, 2.24) is 10.2 Å². The molecule has 4 rings (SSSR count). The maximum atomic E-state index is 14.8. The number of alkyl halides is 3. The molecule has 1 N–H and O–H groups in total. The highest BCUT2D eigenvalue weighted by atomic mass is 32.2. The van der Waals surface area contributed by atoms with Gasteiger partial charge < -0.3 is 10.2 Å². The molecule has 0 aliphatic carbocycles. The number of hydrogen-bond donors (Lipinski definition) is 1. The quantitative estimate of drug-likeness (QED) is 0.225. The van der Waals surface area contributed by atoms with E-state index in [2.05, 4.69) is 5.32 Å². The summed E-state index contributed by atoms with van der Waals surface area (Å²) in [6.07, 6.45) is -4.80. The highest BCUT2D eigenvalue weighted by Gasteiger charge is 2.36. The van der Waals surface area contributed by atoms with E-state index in [4.69, 9.17) is 0 Å². The second-order valence-electron chi connectivity index (χ2n) is 9.81. The standard InChI is InChI=1S/C32H29F4N3O4S/c1-37-31(41)29(19-23-11-4-2-5-12-23)38(21-24-13-8-9-18-28(24)33)30(40)22-39(44(42,43)27-16-6-3-7-17-27)26-15-10-14-25(20-26)32(34,35)36/h2-18,20,29H,19,21-22H2,1H3,(H,37,41)/t29-/m1/s1. The molecular formula is C32H29F4N3O4S. The van der Waals surface area contributed by atoms with Crippen LogP contribution in [0.25, 0.3) is 0 Å². The predicted molar refractivity (Wildman–Crippen MR) is 157 cm³/mol. The summed E-state index contributed by atoms with van der Waals surface area (Å²) in [6, 6.07) is 23.6. The SMILES string of the molecule is CNC(=O)[C@@H](Cc1ccccc1)N(Cc1ccccc1F)C(=O)CN(c1cccc(C(F)(F)F)c1)S(=O)(=O)c1ccccc1. The molecule has 0 bridgehead atoms. The number of likely N-dealkylation sites (N-methyl/N-ethyl adjacent to an activating group) is 1. The Balaban J connectivity index is 1.83. The lowest BCUT2D eigenvalue weighted by molar-refractivity contribution is -0.139. The van der Waals surface area contributed by atoms with Crippen molar-refractivity contribution in [3.8, 4) is 0 Å². The van der Waals surface area contributed by atoms with Crippen molar-refractivity contribution in [1.29, 1.82) is 0 Å². The molecule has 0 aromatic heterocycles. The van der Waals surface area contributed by atoms with Gasteiger partial charge in [-0.05, 0) is 42.0 Å². The zero-order valence-electron chi connectivity index (χ0n) is 23.5. The first-order chi connectivity index (χ1) is 20.9. The summed E-state index contributed by atoms with van der Waals surface area (Å²) < 4.78 is 84.0. The van der Waals surface area contributed by atoms with Gasteiger partial charge in [-0.25, -0.2) is 12.8 Å². The maximum absolute atomic E-state index is 14.8. The third-order valence-corrected chi connectivity index (χ3v) is 8.68. The molecular weight excluding hydrogens is 598 g/mol. The van der Waals surface area contributed by atoms with Gasteiger partial charge in [0.25, 0.3) is 10.0 Å². The Morgan fingerprint density at radius 1 is 0.841 bits per heavy atom. The smallest absolute Gasteiger partial charge is 0.357 e. The maximum Gasteiger partial charge on any atom is 0.416 e. The van der Waals surface area contributed by atoms with Gasteiger partial charge >= 0.3 is 6.18 Å². The minimum atomic E-state index is -4.79. The minimum absolute atomic E-state index is 0.00427. The molecule has 12 heteroatoms. The minimum Gasteiger partial charge on any atom is -0.357 e. The van der Waals surface area contributed by atoms with E-state index >= 15 is 0 Å². The van der Waals surface area contributed by atoms with Gasteiger partial charge in [0.2, 0.25) is 11.8 Å². The van der Waals surface area contributed by atoms with Gasteiger partial charge in [0, 0.05) is 25.6 Å². The number of anilines is 1. The van der Waals surface area contributed by atoms with E-state index in [1.54, 1.807) is 42.5 Å². The Labute approximate surface area is 252 Å². The molecule has 4 aromatic rings. The van der Waals surface area contributed by atoms with Crippen LogP contribution in [-0.2, 0) is 38.8 Å². The third-order valence-electron chi connectivity index (χ3n) is 6.89. The molecule has 2 amide bonds. The van der Waals surface area contributed by atoms with Crippen molar-refractivity contribution >= 4 is 27.5 Å². The summed E-state index contributed by atoms with van der Waals surface area (Å²) in [5, 5.41) is 2.50. The van der Waals surface area contributed by atoms with Gasteiger partial charge in [0.05, 0.1) is 16.1 Å². The van der Waals surface area contributed by atoms with Crippen molar-refractivity contribution in [2.75, 3.05) is 17.9 Å².